The van der Waals surface area contributed by atoms with Crippen molar-refractivity contribution in [1.29, 1.82) is 0 Å². The maximum absolute atomic E-state index is 15.1. The molecule has 9 heteroatoms. The van der Waals surface area contributed by atoms with E-state index in [1.165, 1.54) is 10.6 Å². The first-order valence-corrected chi connectivity index (χ1v) is 11.1. The van der Waals surface area contributed by atoms with Gasteiger partial charge in [0, 0.05) is 42.0 Å². The van der Waals surface area contributed by atoms with E-state index in [0.29, 0.717) is 32.2 Å². The summed E-state index contributed by atoms with van der Waals surface area (Å²) < 4.78 is 18.2. The Morgan fingerprint density at radius 2 is 1.71 bits per heavy atom. The molecule has 0 amide bonds. The van der Waals surface area contributed by atoms with E-state index < -0.39 is 6.17 Å². The molecule has 34 heavy (non-hydrogen) atoms. The van der Waals surface area contributed by atoms with E-state index >= 15 is 4.39 Å². The number of halogens is 3. The highest BCUT2D eigenvalue weighted by Crippen LogP contribution is 2.31. The van der Waals surface area contributed by atoms with Crippen LogP contribution in [-0.2, 0) is 14.1 Å². The van der Waals surface area contributed by atoms with E-state index in [1.54, 1.807) is 78.7 Å². The molecule has 0 aliphatic rings. The summed E-state index contributed by atoms with van der Waals surface area (Å²) in [4.78, 5) is 17.0. The first-order chi connectivity index (χ1) is 16.3. The molecule has 2 aromatic carbocycles. The van der Waals surface area contributed by atoms with Crippen molar-refractivity contribution in [3.8, 4) is 11.1 Å². The highest BCUT2D eigenvalue weighted by molar-refractivity contribution is 6.31. The zero-order valence-corrected chi connectivity index (χ0v) is 19.9. The van der Waals surface area contributed by atoms with E-state index in [9.17, 15) is 4.79 Å². The number of hydrogen-bond donors (Lipinski definition) is 0. The molecule has 0 bridgehead atoms. The molecule has 5 aromatic rings. The van der Waals surface area contributed by atoms with Crippen LogP contribution in [0, 0.1) is 0 Å². The lowest BCUT2D eigenvalue weighted by molar-refractivity contribution is 0.394. The molecule has 5 rings (SSSR count). The van der Waals surface area contributed by atoms with Gasteiger partial charge in [-0.2, -0.15) is 0 Å². The molecule has 0 N–H and O–H groups in total. The first kappa shape index (κ1) is 23.6. The number of fused-ring (bicyclic) bond motifs is 1. The minimum atomic E-state index is -1.41. The lowest BCUT2D eigenvalue weighted by Gasteiger charge is -2.13. The van der Waals surface area contributed by atoms with Crippen LogP contribution in [-0.4, -0.2) is 24.5 Å². The van der Waals surface area contributed by atoms with Gasteiger partial charge in [-0.3, -0.25) is 9.48 Å². The molecule has 172 valence electrons. The van der Waals surface area contributed by atoms with Gasteiger partial charge in [-0.1, -0.05) is 52.7 Å². The third-order valence-corrected chi connectivity index (χ3v) is 5.70. The van der Waals surface area contributed by atoms with Gasteiger partial charge in [0.25, 0.3) is 5.56 Å². The third-order valence-electron chi connectivity index (χ3n) is 5.21. The number of aryl methyl sites for hydroxylation is 2. The minimum absolute atomic E-state index is 0.175. The Kier molecular flexibility index (Phi) is 7.05. The van der Waals surface area contributed by atoms with E-state index in [0.717, 1.165) is 5.56 Å². The number of nitrogens with zero attached hydrogens (tertiary/aromatic N) is 5. The van der Waals surface area contributed by atoms with Crippen LogP contribution < -0.4 is 5.56 Å². The van der Waals surface area contributed by atoms with Crippen molar-refractivity contribution in [2.75, 3.05) is 0 Å². The standard InChI is InChI=1S/C22H15Cl2FN2O.C3H5N3/c1-27-19-10-9-18(21(25)13-5-7-15(23)8-6-13)26-22(19)17(12-20(27)28)14-3-2-4-16(24)11-14;1-6-3-2-4-5-6/h2-12,21H,1H3;2-3H,1H3. The highest BCUT2D eigenvalue weighted by Gasteiger charge is 2.17. The van der Waals surface area contributed by atoms with Gasteiger partial charge in [-0.25, -0.2) is 9.37 Å². The quantitative estimate of drug-likeness (QED) is 0.318. The third kappa shape index (κ3) is 5.16. The summed E-state index contributed by atoms with van der Waals surface area (Å²) in [6.07, 6.45) is 2.01. The smallest absolute Gasteiger partial charge is 0.251 e. The summed E-state index contributed by atoms with van der Waals surface area (Å²) in [6.45, 7) is 0. The molecule has 0 radical (unpaired) electrons. The van der Waals surface area contributed by atoms with Crippen molar-refractivity contribution >= 4 is 34.2 Å². The maximum Gasteiger partial charge on any atom is 0.251 e. The van der Waals surface area contributed by atoms with Gasteiger partial charge in [-0.05, 0) is 47.5 Å². The average Bonchev–Trinajstić information content (AvgIpc) is 3.32. The van der Waals surface area contributed by atoms with Crippen LogP contribution in [0.1, 0.15) is 17.4 Å². The van der Waals surface area contributed by atoms with Crippen LogP contribution in [0.25, 0.3) is 22.2 Å². The van der Waals surface area contributed by atoms with Crippen molar-refractivity contribution in [3.05, 3.63) is 111 Å². The Hall–Kier alpha value is -3.55. The van der Waals surface area contributed by atoms with Gasteiger partial charge in [0.05, 0.1) is 22.9 Å². The Morgan fingerprint density at radius 1 is 0.941 bits per heavy atom. The van der Waals surface area contributed by atoms with Crippen LogP contribution in [0.2, 0.25) is 10.0 Å². The van der Waals surface area contributed by atoms with Gasteiger partial charge in [0.15, 0.2) is 6.17 Å². The lowest BCUT2D eigenvalue weighted by atomic mass is 10.0. The Labute approximate surface area is 205 Å². The average molecular weight is 496 g/mol. The molecular formula is C25H20Cl2FN5O. The summed E-state index contributed by atoms with van der Waals surface area (Å²) in [5.41, 5.74) is 3.08. The molecule has 3 aromatic heterocycles. The van der Waals surface area contributed by atoms with Crippen LogP contribution in [0.3, 0.4) is 0 Å². The van der Waals surface area contributed by atoms with Crippen molar-refractivity contribution in [2.45, 2.75) is 6.17 Å². The summed E-state index contributed by atoms with van der Waals surface area (Å²) >= 11 is 12.0. The molecule has 0 aliphatic carbocycles. The second kappa shape index (κ2) is 10.2. The first-order valence-electron chi connectivity index (χ1n) is 10.3. The van der Waals surface area contributed by atoms with Gasteiger partial charge < -0.3 is 4.57 Å². The summed E-state index contributed by atoms with van der Waals surface area (Å²) in [6, 6.07) is 18.5. The van der Waals surface area contributed by atoms with E-state index in [-0.39, 0.29) is 11.3 Å². The Balaban J connectivity index is 0.000000398. The number of pyridine rings is 2. The monoisotopic (exact) mass is 495 g/mol. The van der Waals surface area contributed by atoms with Gasteiger partial charge in [0.1, 0.15) is 0 Å². The summed E-state index contributed by atoms with van der Waals surface area (Å²) in [5.74, 6) is 0. The van der Waals surface area contributed by atoms with Crippen LogP contribution in [0.5, 0.6) is 0 Å². The number of rotatable bonds is 3. The van der Waals surface area contributed by atoms with Gasteiger partial charge in [0.2, 0.25) is 0 Å². The SMILES string of the molecule is Cn1c(=O)cc(-c2cccc(Cl)c2)c2nc(C(F)c3ccc(Cl)cc3)ccc21.Cn1ccnn1. The second-order valence-corrected chi connectivity index (χ2v) is 8.43. The Morgan fingerprint density at radius 3 is 2.32 bits per heavy atom. The largest absolute Gasteiger partial charge is 0.310 e. The fourth-order valence-electron chi connectivity index (χ4n) is 3.43. The Bertz CT molecular complexity index is 1480. The zero-order valence-electron chi connectivity index (χ0n) is 18.4. The van der Waals surface area contributed by atoms with Crippen molar-refractivity contribution in [1.82, 2.24) is 24.5 Å². The molecule has 0 saturated carbocycles. The van der Waals surface area contributed by atoms with Crippen LogP contribution >= 0.6 is 23.2 Å². The van der Waals surface area contributed by atoms with Gasteiger partial charge in [-0.15, -0.1) is 5.10 Å². The van der Waals surface area contributed by atoms with E-state index in [4.69, 9.17) is 23.2 Å². The van der Waals surface area contributed by atoms with E-state index in [1.807, 2.05) is 13.1 Å². The zero-order chi connectivity index (χ0) is 24.2. The molecule has 0 spiro atoms. The van der Waals surface area contributed by atoms with Crippen LogP contribution in [0.4, 0.5) is 4.39 Å². The molecule has 0 aliphatic heterocycles. The highest BCUT2D eigenvalue weighted by atomic mass is 35.5. The second-order valence-electron chi connectivity index (χ2n) is 7.56. The van der Waals surface area contributed by atoms with Crippen molar-refractivity contribution < 1.29 is 4.39 Å². The molecule has 6 nitrogen and oxygen atoms in total. The van der Waals surface area contributed by atoms with Gasteiger partial charge >= 0.3 is 0 Å². The van der Waals surface area contributed by atoms with Crippen LogP contribution in [0.15, 0.2) is 83.9 Å². The maximum atomic E-state index is 15.1. The molecule has 1 unspecified atom stereocenters. The molecule has 0 fully saturated rings. The predicted octanol–water partition coefficient (Wildman–Crippen LogP) is 5.78. The predicted molar refractivity (Wildman–Crippen MR) is 133 cm³/mol. The van der Waals surface area contributed by atoms with Crippen molar-refractivity contribution in [2.24, 2.45) is 14.1 Å². The van der Waals surface area contributed by atoms with E-state index in [2.05, 4.69) is 15.3 Å². The molecule has 1 atom stereocenters. The molecule has 0 saturated heterocycles. The summed E-state index contributed by atoms with van der Waals surface area (Å²) in [7, 11) is 3.49. The number of hydrogen-bond acceptors (Lipinski definition) is 4. The number of alkyl halides is 1. The fourth-order valence-corrected chi connectivity index (χ4v) is 3.75. The fraction of sp³-hybridized carbons (Fsp3) is 0.120. The number of benzene rings is 2. The van der Waals surface area contributed by atoms with Crippen molar-refractivity contribution in [3.63, 3.8) is 0 Å². The molecular weight excluding hydrogens is 476 g/mol. The molecule has 3 heterocycles. The summed E-state index contributed by atoms with van der Waals surface area (Å²) in [5, 5.41) is 8.21. The topological polar surface area (TPSA) is 65.6 Å². The normalized spacial score (nSPS) is 11.7. The number of aromatic nitrogens is 5. The lowest BCUT2D eigenvalue weighted by Crippen LogP contribution is -2.17. The minimum Gasteiger partial charge on any atom is -0.310 e.